The van der Waals surface area contributed by atoms with Gasteiger partial charge in [-0.25, -0.2) is 4.98 Å². The topological polar surface area (TPSA) is 34.2 Å². The number of aromatic nitrogens is 1. The average Bonchev–Trinajstić information content (AvgIpc) is 2.41. The maximum absolute atomic E-state index is 5.83. The van der Waals surface area contributed by atoms with E-state index < -0.39 is 0 Å². The first kappa shape index (κ1) is 13.3. The minimum atomic E-state index is 0.206. The molecule has 1 aromatic heterocycles. The molecular weight excluding hydrogens is 339 g/mol. The van der Waals surface area contributed by atoms with Gasteiger partial charge in [0.05, 0.1) is 0 Å². The van der Waals surface area contributed by atoms with Gasteiger partial charge in [-0.15, -0.1) is 0 Å². The van der Waals surface area contributed by atoms with Crippen LogP contribution in [0.25, 0.3) is 0 Å². The SMILES string of the molecule is CNC(C)c1cccnc1Oc1ccc(I)cc1. The molecule has 1 atom stereocenters. The number of nitrogens with one attached hydrogen (secondary N) is 1. The van der Waals surface area contributed by atoms with E-state index in [4.69, 9.17) is 4.74 Å². The van der Waals surface area contributed by atoms with Crippen LogP contribution in [0.3, 0.4) is 0 Å². The Balaban J connectivity index is 2.26. The quantitative estimate of drug-likeness (QED) is 0.849. The molecule has 0 aliphatic heterocycles. The van der Waals surface area contributed by atoms with E-state index in [2.05, 4.69) is 39.8 Å². The maximum Gasteiger partial charge on any atom is 0.223 e. The average molecular weight is 354 g/mol. The number of hydrogen-bond donors (Lipinski definition) is 1. The number of benzene rings is 1. The third-order valence-corrected chi connectivity index (χ3v) is 3.45. The fourth-order valence-corrected chi connectivity index (χ4v) is 1.95. The Bertz CT molecular complexity index is 513. The van der Waals surface area contributed by atoms with Crippen molar-refractivity contribution < 1.29 is 4.74 Å². The van der Waals surface area contributed by atoms with E-state index in [9.17, 15) is 0 Å². The van der Waals surface area contributed by atoms with Crippen molar-refractivity contribution in [3.8, 4) is 11.6 Å². The van der Waals surface area contributed by atoms with Crippen molar-refractivity contribution in [3.05, 3.63) is 51.7 Å². The zero-order valence-corrected chi connectivity index (χ0v) is 12.5. The van der Waals surface area contributed by atoms with Gasteiger partial charge >= 0.3 is 0 Å². The smallest absolute Gasteiger partial charge is 0.223 e. The van der Waals surface area contributed by atoms with Crippen LogP contribution in [0, 0.1) is 3.57 Å². The van der Waals surface area contributed by atoms with Gasteiger partial charge in [0, 0.05) is 21.4 Å². The summed E-state index contributed by atoms with van der Waals surface area (Å²) in [5, 5.41) is 3.20. The lowest BCUT2D eigenvalue weighted by Crippen LogP contribution is -2.13. The second kappa shape index (κ2) is 6.15. The highest BCUT2D eigenvalue weighted by Crippen LogP contribution is 2.27. The summed E-state index contributed by atoms with van der Waals surface area (Å²) < 4.78 is 7.02. The minimum Gasteiger partial charge on any atom is -0.439 e. The summed E-state index contributed by atoms with van der Waals surface area (Å²) in [5.41, 5.74) is 1.05. The fraction of sp³-hybridized carbons (Fsp3) is 0.214. The van der Waals surface area contributed by atoms with Crippen LogP contribution in [-0.4, -0.2) is 12.0 Å². The second-order valence-corrected chi connectivity index (χ2v) is 5.21. The predicted octanol–water partition coefficient (Wildman–Crippen LogP) is 3.76. The van der Waals surface area contributed by atoms with Crippen molar-refractivity contribution in [1.82, 2.24) is 10.3 Å². The molecule has 0 saturated carbocycles. The van der Waals surface area contributed by atoms with E-state index in [1.54, 1.807) is 6.20 Å². The number of pyridine rings is 1. The van der Waals surface area contributed by atoms with Crippen LogP contribution in [0.5, 0.6) is 11.6 Å². The summed E-state index contributed by atoms with van der Waals surface area (Å²) in [6.45, 7) is 2.08. The van der Waals surface area contributed by atoms with Gasteiger partial charge in [0.2, 0.25) is 5.88 Å². The lowest BCUT2D eigenvalue weighted by Gasteiger charge is -2.14. The molecule has 1 heterocycles. The molecule has 94 valence electrons. The lowest BCUT2D eigenvalue weighted by atomic mass is 10.1. The zero-order valence-electron chi connectivity index (χ0n) is 10.4. The highest BCUT2D eigenvalue weighted by Gasteiger charge is 2.11. The summed E-state index contributed by atoms with van der Waals surface area (Å²) >= 11 is 2.27. The van der Waals surface area contributed by atoms with E-state index in [-0.39, 0.29) is 6.04 Å². The Morgan fingerprint density at radius 3 is 2.61 bits per heavy atom. The van der Waals surface area contributed by atoms with E-state index in [0.717, 1.165) is 11.3 Å². The van der Waals surface area contributed by atoms with Crippen molar-refractivity contribution in [3.63, 3.8) is 0 Å². The molecule has 2 aromatic rings. The monoisotopic (exact) mass is 354 g/mol. The summed E-state index contributed by atoms with van der Waals surface area (Å²) in [6, 6.07) is 12.1. The number of hydrogen-bond acceptors (Lipinski definition) is 3. The third kappa shape index (κ3) is 3.20. The normalized spacial score (nSPS) is 12.2. The molecular formula is C14H15IN2O. The van der Waals surface area contributed by atoms with Crippen LogP contribution < -0.4 is 10.1 Å². The highest BCUT2D eigenvalue weighted by atomic mass is 127. The van der Waals surface area contributed by atoms with E-state index in [0.29, 0.717) is 5.88 Å². The molecule has 0 aliphatic rings. The first-order chi connectivity index (χ1) is 8.70. The molecule has 2 rings (SSSR count). The van der Waals surface area contributed by atoms with Gasteiger partial charge in [0.1, 0.15) is 5.75 Å². The first-order valence-corrected chi connectivity index (χ1v) is 6.84. The number of ether oxygens (including phenoxy) is 1. The molecule has 18 heavy (non-hydrogen) atoms. The molecule has 0 fully saturated rings. The van der Waals surface area contributed by atoms with Crippen LogP contribution in [0.4, 0.5) is 0 Å². The Morgan fingerprint density at radius 2 is 1.94 bits per heavy atom. The van der Waals surface area contributed by atoms with Crippen molar-refractivity contribution in [2.45, 2.75) is 13.0 Å². The van der Waals surface area contributed by atoms with Crippen LogP contribution in [0.2, 0.25) is 0 Å². The molecule has 4 heteroatoms. The van der Waals surface area contributed by atoms with Crippen molar-refractivity contribution >= 4 is 22.6 Å². The molecule has 0 spiro atoms. The Labute approximate surface area is 121 Å². The molecule has 1 N–H and O–H groups in total. The number of nitrogens with zero attached hydrogens (tertiary/aromatic N) is 1. The molecule has 1 unspecified atom stereocenters. The van der Waals surface area contributed by atoms with Gasteiger partial charge in [-0.1, -0.05) is 6.07 Å². The van der Waals surface area contributed by atoms with Crippen molar-refractivity contribution in [2.24, 2.45) is 0 Å². The van der Waals surface area contributed by atoms with E-state index in [1.165, 1.54) is 3.57 Å². The van der Waals surface area contributed by atoms with Gasteiger partial charge in [-0.05, 0) is 66.9 Å². The fourth-order valence-electron chi connectivity index (χ4n) is 1.59. The van der Waals surface area contributed by atoms with Crippen molar-refractivity contribution in [2.75, 3.05) is 7.05 Å². The van der Waals surface area contributed by atoms with E-state index in [1.807, 2.05) is 43.4 Å². The van der Waals surface area contributed by atoms with Crippen LogP contribution >= 0.6 is 22.6 Å². The molecule has 1 aromatic carbocycles. The summed E-state index contributed by atoms with van der Waals surface area (Å²) in [6.07, 6.45) is 1.74. The molecule has 3 nitrogen and oxygen atoms in total. The molecule has 0 saturated heterocycles. The van der Waals surface area contributed by atoms with Gasteiger partial charge < -0.3 is 10.1 Å². The van der Waals surface area contributed by atoms with Crippen LogP contribution in [0.1, 0.15) is 18.5 Å². The highest BCUT2D eigenvalue weighted by molar-refractivity contribution is 14.1. The second-order valence-electron chi connectivity index (χ2n) is 3.96. The largest absolute Gasteiger partial charge is 0.439 e. The standard InChI is InChI=1S/C14H15IN2O/c1-10(16-2)13-4-3-9-17-14(13)18-12-7-5-11(15)6-8-12/h3-10,16H,1-2H3. The third-order valence-electron chi connectivity index (χ3n) is 2.73. The van der Waals surface area contributed by atoms with Crippen molar-refractivity contribution in [1.29, 1.82) is 0 Å². The molecule has 0 aliphatic carbocycles. The first-order valence-electron chi connectivity index (χ1n) is 5.76. The summed E-state index contributed by atoms with van der Waals surface area (Å²) in [7, 11) is 1.92. The number of rotatable bonds is 4. The summed E-state index contributed by atoms with van der Waals surface area (Å²) in [4.78, 5) is 4.30. The van der Waals surface area contributed by atoms with Gasteiger partial charge in [0.15, 0.2) is 0 Å². The Hall–Kier alpha value is -1.14. The van der Waals surface area contributed by atoms with Gasteiger partial charge in [-0.3, -0.25) is 0 Å². The molecule has 0 bridgehead atoms. The Morgan fingerprint density at radius 1 is 1.22 bits per heavy atom. The number of halogens is 1. The zero-order chi connectivity index (χ0) is 13.0. The van der Waals surface area contributed by atoms with Gasteiger partial charge in [-0.2, -0.15) is 0 Å². The summed E-state index contributed by atoms with van der Waals surface area (Å²) in [5.74, 6) is 1.46. The van der Waals surface area contributed by atoms with Crippen LogP contribution in [0.15, 0.2) is 42.6 Å². The Kier molecular flexibility index (Phi) is 4.54. The predicted molar refractivity (Wildman–Crippen MR) is 80.9 cm³/mol. The van der Waals surface area contributed by atoms with E-state index >= 15 is 0 Å². The lowest BCUT2D eigenvalue weighted by molar-refractivity contribution is 0.446. The van der Waals surface area contributed by atoms with Gasteiger partial charge in [0.25, 0.3) is 0 Å². The van der Waals surface area contributed by atoms with Crippen LogP contribution in [-0.2, 0) is 0 Å². The molecule has 0 radical (unpaired) electrons. The maximum atomic E-state index is 5.83. The minimum absolute atomic E-state index is 0.206. The molecule has 0 amide bonds.